The van der Waals surface area contributed by atoms with Gasteiger partial charge in [-0.1, -0.05) is 53.7 Å². The molecule has 4 aromatic carbocycles. The molecular formula is C81H113F2N13O6S3. The van der Waals surface area contributed by atoms with Crippen LogP contribution in [0.3, 0.4) is 0 Å². The van der Waals surface area contributed by atoms with Crippen LogP contribution in [-0.2, 0) is 29.6 Å². The molecule has 4 heterocycles. The second kappa shape index (κ2) is 38.2. The fraction of sp³-hybridized carbons (Fsp3) is 0.531. The highest BCUT2D eigenvalue weighted by Crippen LogP contribution is 2.33. The first-order valence-corrected chi connectivity index (χ1v) is 42.1. The summed E-state index contributed by atoms with van der Waals surface area (Å²) in [6.07, 6.45) is 23.2. The van der Waals surface area contributed by atoms with Crippen LogP contribution in [0.25, 0.3) is 43.6 Å². The minimum atomic E-state index is -3.14. The number of hydrogen-bond acceptors (Lipinski definition) is 15. The van der Waals surface area contributed by atoms with Gasteiger partial charge in [-0.15, -0.1) is 11.3 Å². The first-order chi connectivity index (χ1) is 50.1. The average molecular weight is 1500 g/mol. The van der Waals surface area contributed by atoms with E-state index in [1.165, 1.54) is 41.4 Å². The molecule has 8 N–H and O–H groups in total. The Morgan fingerprint density at radius 2 is 0.971 bits per heavy atom. The second-order valence-electron chi connectivity index (χ2n) is 31.2. The topological polar surface area (TPSA) is 255 Å². The van der Waals surface area contributed by atoms with Gasteiger partial charge in [0.2, 0.25) is 31.9 Å². The lowest BCUT2D eigenvalue weighted by molar-refractivity contribution is -0.130. The van der Waals surface area contributed by atoms with E-state index in [9.17, 15) is 35.2 Å². The highest BCUT2D eigenvalue weighted by molar-refractivity contribution is 7.89. The molecule has 0 radical (unpaired) electrons. The number of sulfonamides is 2. The maximum absolute atomic E-state index is 14.4. The fourth-order valence-corrected chi connectivity index (χ4v) is 16.2. The van der Waals surface area contributed by atoms with E-state index >= 15 is 0 Å². The third-order valence-electron chi connectivity index (χ3n) is 20.5. The predicted molar refractivity (Wildman–Crippen MR) is 426 cm³/mol. The molecule has 2 amide bonds. The molecule has 24 heteroatoms. The fourth-order valence-electron chi connectivity index (χ4n) is 13.8. The van der Waals surface area contributed by atoms with Crippen LogP contribution in [0.5, 0.6) is 0 Å². The normalized spacial score (nSPS) is 20.8. The number of nitrogens with zero attached hydrogens (tertiary/aromatic N) is 5. The van der Waals surface area contributed by atoms with Crippen LogP contribution in [0.4, 0.5) is 31.5 Å². The van der Waals surface area contributed by atoms with Crippen LogP contribution in [-0.4, -0.2) is 115 Å². The van der Waals surface area contributed by atoms with E-state index in [1.807, 2.05) is 83.6 Å². The summed E-state index contributed by atoms with van der Waals surface area (Å²) < 4.78 is 82.7. The lowest BCUT2D eigenvalue weighted by Gasteiger charge is -2.31. The predicted octanol–water partition coefficient (Wildman–Crippen LogP) is 16.8. The lowest BCUT2D eigenvalue weighted by Crippen LogP contribution is -2.43. The van der Waals surface area contributed by atoms with Crippen molar-refractivity contribution in [2.45, 2.75) is 202 Å². The Labute approximate surface area is 626 Å². The van der Waals surface area contributed by atoms with Gasteiger partial charge in [-0.3, -0.25) is 24.2 Å². The van der Waals surface area contributed by atoms with Crippen molar-refractivity contribution in [1.29, 1.82) is 0 Å². The highest BCUT2D eigenvalue weighted by Gasteiger charge is 2.31. The number of nitrogens with one attached hydrogen (secondary N) is 8. The second-order valence-corrected chi connectivity index (χ2v) is 36.2. The number of aromatic nitrogens is 5. The van der Waals surface area contributed by atoms with E-state index in [4.69, 9.17) is 0 Å². The Morgan fingerprint density at radius 3 is 1.44 bits per heavy atom. The smallest absolute Gasteiger partial charge is 0.225 e. The van der Waals surface area contributed by atoms with Gasteiger partial charge in [-0.2, -0.15) is 5.10 Å². The molecule has 0 bridgehead atoms. The molecule has 4 fully saturated rings. The monoisotopic (exact) mass is 1500 g/mol. The van der Waals surface area contributed by atoms with Crippen molar-refractivity contribution in [3.05, 3.63) is 145 Å². The van der Waals surface area contributed by atoms with Crippen LogP contribution < -0.4 is 41.3 Å². The van der Waals surface area contributed by atoms with Gasteiger partial charge in [0.1, 0.15) is 16.3 Å². The van der Waals surface area contributed by atoms with E-state index < -0.39 is 20.0 Å². The Bertz CT molecular complexity index is 4250. The van der Waals surface area contributed by atoms with E-state index in [1.54, 1.807) is 61.8 Å². The van der Waals surface area contributed by atoms with Crippen molar-refractivity contribution in [3.63, 3.8) is 0 Å². The maximum atomic E-state index is 14.4. The van der Waals surface area contributed by atoms with Crippen LogP contribution in [0.15, 0.2) is 133 Å². The van der Waals surface area contributed by atoms with Crippen LogP contribution >= 0.6 is 11.3 Å². The molecule has 4 aromatic heterocycles. The van der Waals surface area contributed by atoms with E-state index in [-0.39, 0.29) is 57.9 Å². The summed E-state index contributed by atoms with van der Waals surface area (Å²) >= 11 is 1.66. The number of carbonyl (C=O) groups excluding carboxylic acids is 2. The molecule has 0 unspecified atom stereocenters. The van der Waals surface area contributed by atoms with E-state index in [2.05, 4.69) is 122 Å². The molecule has 12 rings (SSSR count). The molecular weight excluding hydrogens is 1390 g/mol. The summed E-state index contributed by atoms with van der Waals surface area (Å²) in [5.74, 6) is 2.23. The number of anilines is 4. The Morgan fingerprint density at radius 1 is 0.505 bits per heavy atom. The minimum absolute atomic E-state index is 0.0429. The number of pyridine rings is 2. The van der Waals surface area contributed by atoms with Crippen LogP contribution in [0.1, 0.15) is 178 Å². The molecule has 4 saturated carbocycles. The summed E-state index contributed by atoms with van der Waals surface area (Å²) in [6.45, 7) is 22.9. The number of carbonyl (C=O) groups is 2. The number of fused-ring (bicyclic) bond motifs is 2. The molecule has 0 spiro atoms. The van der Waals surface area contributed by atoms with Crippen molar-refractivity contribution >= 4 is 87.8 Å². The standard InChI is InChI=1S/C22H34N4O.C21H29N3OS.C20H26FN3O2S.C18H24FN3O2S/c1-15(2)26-20-12-19(11-8-17(20)14-24-26)23-13-16-6-9-18(10-7-16)25-21(27)22(3,4)5;1-21(2,3)20(25)24-18-8-4-15(5-9-18)14-23-17-10-6-16(7-11-17)19-22-12-13-26-19;1-2-27(25,26)24-16-8-6-15(7-9-16)14-23-17-10-11-18(19(21)13-17)20-5-3-4-12-22-20;1-2-25(23,24)22-15-7-5-13(6-8-15)12-21-16-10-14-4-3-9-20-18(14)17(19)11-16/h8,11-12,14-16,18,23H,6-7,9-10,13H2,1-5H3,(H,25,27);6-7,10-13,15,18,23H,4-5,8-9,14H2,1-3H3,(H,24,25);3-5,10-13,15-16,23-24H,2,6-9,14H2,1H3;3-4,9-11,13,15,21-22H,2,5-8,12H2,1H3. The first-order valence-electron chi connectivity index (χ1n) is 37.9. The molecule has 19 nitrogen and oxygen atoms in total. The molecule has 0 atom stereocenters. The molecule has 0 saturated heterocycles. The average Bonchev–Trinajstić information content (AvgIpc) is 1.74. The highest BCUT2D eigenvalue weighted by atomic mass is 32.2. The summed E-state index contributed by atoms with van der Waals surface area (Å²) in [4.78, 5) is 36.9. The summed E-state index contributed by atoms with van der Waals surface area (Å²) in [5, 5.41) is 29.7. The molecule has 8 aromatic rings. The number of hydrogen-bond donors (Lipinski definition) is 8. The molecule has 0 aliphatic heterocycles. The van der Waals surface area contributed by atoms with Gasteiger partial charge in [0, 0.05) is 136 Å². The van der Waals surface area contributed by atoms with Crippen LogP contribution in [0.2, 0.25) is 0 Å². The molecule has 4 aliphatic rings. The first kappa shape index (κ1) is 81.4. The quantitative estimate of drug-likeness (QED) is 0.0297. The lowest BCUT2D eigenvalue weighted by atomic mass is 9.85. The van der Waals surface area contributed by atoms with Crippen LogP contribution in [0, 0.1) is 46.1 Å². The van der Waals surface area contributed by atoms with Gasteiger partial charge >= 0.3 is 0 Å². The minimum Gasteiger partial charge on any atom is -0.385 e. The largest absolute Gasteiger partial charge is 0.385 e. The van der Waals surface area contributed by atoms with Gasteiger partial charge in [-0.25, -0.2) is 40.0 Å². The van der Waals surface area contributed by atoms with Gasteiger partial charge in [-0.05, 0) is 245 Å². The van der Waals surface area contributed by atoms with Crippen molar-refractivity contribution in [3.8, 4) is 21.8 Å². The van der Waals surface area contributed by atoms with Gasteiger partial charge in [0.25, 0.3) is 0 Å². The third-order valence-corrected chi connectivity index (χ3v) is 24.2. The number of halogens is 2. The Hall–Kier alpha value is -7.64. The molecule has 570 valence electrons. The van der Waals surface area contributed by atoms with Crippen molar-refractivity contribution in [2.24, 2.45) is 34.5 Å². The molecule has 4 aliphatic carbocycles. The number of thiazole rings is 1. The zero-order chi connectivity index (χ0) is 75.3. The zero-order valence-electron chi connectivity index (χ0n) is 63.1. The Balaban J connectivity index is 0.000000162. The summed E-state index contributed by atoms with van der Waals surface area (Å²) in [5.41, 5.74) is 7.07. The van der Waals surface area contributed by atoms with Gasteiger partial charge < -0.3 is 31.9 Å². The van der Waals surface area contributed by atoms with Gasteiger partial charge in [0.05, 0.1) is 28.9 Å². The van der Waals surface area contributed by atoms with E-state index in [0.29, 0.717) is 58.6 Å². The number of rotatable bonds is 23. The summed E-state index contributed by atoms with van der Waals surface area (Å²) in [7, 11) is -6.27. The number of benzene rings is 4. The summed E-state index contributed by atoms with van der Waals surface area (Å²) in [6, 6.07) is 33.7. The number of amides is 2. The Kier molecular flexibility index (Phi) is 29.7. The van der Waals surface area contributed by atoms with Gasteiger partial charge in [0.15, 0.2) is 5.82 Å². The maximum Gasteiger partial charge on any atom is 0.225 e. The zero-order valence-corrected chi connectivity index (χ0v) is 65.6. The van der Waals surface area contributed by atoms with Crippen molar-refractivity contribution in [2.75, 3.05) is 59.0 Å². The van der Waals surface area contributed by atoms with E-state index in [0.717, 1.165) is 149 Å². The third kappa shape index (κ3) is 25.5. The molecule has 105 heavy (non-hydrogen) atoms. The van der Waals surface area contributed by atoms with Crippen molar-refractivity contribution < 1.29 is 35.2 Å². The van der Waals surface area contributed by atoms with Crippen molar-refractivity contribution in [1.82, 2.24) is 44.8 Å². The SMILES string of the molecule is CC(C)(C)C(=O)NC1CCC(CNc2ccc(-c3nccs3)cc2)CC1.CC(C)n1ncc2ccc(NCC3CCC(NC(=O)C(C)(C)C)CC3)cc21.CCS(=O)(=O)NC1CCC(CNc2cc(F)c3ncccc3c2)CC1.CCS(=O)(=O)NC1CCC(CNc2ccc(-c3ccccn3)c(F)c2)CC1.